The predicted octanol–water partition coefficient (Wildman–Crippen LogP) is 3.79. The highest BCUT2D eigenvalue weighted by Crippen LogP contribution is 2.30. The minimum atomic E-state index is 0.342. The molecule has 19 heavy (non-hydrogen) atoms. The number of hydrogen-bond donors (Lipinski definition) is 1. The van der Waals surface area contributed by atoms with Gasteiger partial charge in [-0.1, -0.05) is 26.7 Å². The summed E-state index contributed by atoms with van der Waals surface area (Å²) in [6, 6.07) is 6.43. The van der Waals surface area contributed by atoms with Gasteiger partial charge in [-0.05, 0) is 37.1 Å². The van der Waals surface area contributed by atoms with Crippen molar-refractivity contribution in [2.24, 2.45) is 5.92 Å². The van der Waals surface area contributed by atoms with Crippen LogP contribution in [0.15, 0.2) is 18.2 Å². The van der Waals surface area contributed by atoms with E-state index in [9.17, 15) is 0 Å². The summed E-state index contributed by atoms with van der Waals surface area (Å²) in [5, 5.41) is 3.41. The first-order chi connectivity index (χ1) is 9.18. The number of methoxy groups -OCH3 is 2. The lowest BCUT2D eigenvalue weighted by atomic mass is 9.91. The molecule has 0 aromatic heterocycles. The monoisotopic (exact) mass is 265 g/mol. The van der Waals surface area contributed by atoms with Crippen LogP contribution in [0.2, 0.25) is 0 Å². The third-order valence-corrected chi connectivity index (χ3v) is 3.85. The average molecular weight is 265 g/mol. The molecule has 3 nitrogen and oxygen atoms in total. The van der Waals surface area contributed by atoms with Crippen LogP contribution in [-0.2, 0) is 0 Å². The summed E-state index contributed by atoms with van der Waals surface area (Å²) in [7, 11) is 5.39. The Hall–Kier alpha value is -1.22. The smallest absolute Gasteiger partial charge is 0.122 e. The molecule has 1 aromatic rings. The maximum atomic E-state index is 5.34. The summed E-state index contributed by atoms with van der Waals surface area (Å²) < 4.78 is 10.7. The van der Waals surface area contributed by atoms with E-state index in [1.807, 2.05) is 13.1 Å². The molecule has 108 valence electrons. The highest BCUT2D eigenvalue weighted by molar-refractivity contribution is 5.39. The predicted molar refractivity (Wildman–Crippen MR) is 80.0 cm³/mol. The second-order valence-electron chi connectivity index (χ2n) is 4.91. The Kier molecular flexibility index (Phi) is 6.71. The minimum Gasteiger partial charge on any atom is -0.497 e. The fraction of sp³-hybridized carbons (Fsp3) is 0.625. The summed E-state index contributed by atoms with van der Waals surface area (Å²) in [6.07, 6.45) is 3.57. The van der Waals surface area contributed by atoms with Gasteiger partial charge in [0.2, 0.25) is 0 Å². The molecule has 0 bridgehead atoms. The van der Waals surface area contributed by atoms with Crippen molar-refractivity contribution in [3.63, 3.8) is 0 Å². The van der Waals surface area contributed by atoms with Gasteiger partial charge < -0.3 is 14.8 Å². The fourth-order valence-electron chi connectivity index (χ4n) is 2.41. The van der Waals surface area contributed by atoms with Crippen molar-refractivity contribution < 1.29 is 9.47 Å². The van der Waals surface area contributed by atoms with Crippen LogP contribution in [0, 0.1) is 5.92 Å². The molecule has 0 fully saturated rings. The van der Waals surface area contributed by atoms with E-state index in [-0.39, 0.29) is 0 Å². The van der Waals surface area contributed by atoms with Crippen LogP contribution in [0.1, 0.15) is 44.7 Å². The molecule has 1 N–H and O–H groups in total. The van der Waals surface area contributed by atoms with Crippen LogP contribution in [0.4, 0.5) is 0 Å². The number of benzene rings is 1. The molecule has 0 saturated carbocycles. The highest BCUT2D eigenvalue weighted by Gasteiger charge is 2.16. The molecule has 0 spiro atoms. The van der Waals surface area contributed by atoms with Crippen molar-refractivity contribution in [3.05, 3.63) is 23.8 Å². The lowest BCUT2D eigenvalue weighted by Gasteiger charge is -2.23. The summed E-state index contributed by atoms with van der Waals surface area (Å²) in [5.41, 5.74) is 1.23. The van der Waals surface area contributed by atoms with E-state index in [1.54, 1.807) is 14.2 Å². The van der Waals surface area contributed by atoms with Gasteiger partial charge in [0.1, 0.15) is 11.5 Å². The van der Waals surface area contributed by atoms with Crippen LogP contribution in [0.3, 0.4) is 0 Å². The second-order valence-corrected chi connectivity index (χ2v) is 4.91. The van der Waals surface area contributed by atoms with Gasteiger partial charge in [0.15, 0.2) is 0 Å². The zero-order valence-corrected chi connectivity index (χ0v) is 12.8. The van der Waals surface area contributed by atoms with E-state index in [0.717, 1.165) is 23.8 Å². The van der Waals surface area contributed by atoms with E-state index in [2.05, 4.69) is 31.3 Å². The first kappa shape index (κ1) is 15.8. The lowest BCUT2D eigenvalue weighted by molar-refractivity contribution is 0.374. The normalized spacial score (nSPS) is 12.5. The zero-order chi connectivity index (χ0) is 14.3. The summed E-state index contributed by atoms with van der Waals surface area (Å²) in [5.74, 6) is 2.44. The van der Waals surface area contributed by atoms with Crippen LogP contribution in [0.5, 0.6) is 11.5 Å². The Morgan fingerprint density at radius 2 is 1.53 bits per heavy atom. The van der Waals surface area contributed by atoms with Gasteiger partial charge in [0.05, 0.1) is 14.2 Å². The Bertz CT molecular complexity index is 353. The third-order valence-electron chi connectivity index (χ3n) is 3.85. The summed E-state index contributed by atoms with van der Waals surface area (Å²) in [4.78, 5) is 0. The van der Waals surface area contributed by atoms with Gasteiger partial charge >= 0.3 is 0 Å². The van der Waals surface area contributed by atoms with E-state index >= 15 is 0 Å². The first-order valence-electron chi connectivity index (χ1n) is 7.08. The third kappa shape index (κ3) is 4.43. The van der Waals surface area contributed by atoms with Crippen molar-refractivity contribution in [3.8, 4) is 11.5 Å². The Labute approximate surface area is 117 Å². The Morgan fingerprint density at radius 3 is 1.89 bits per heavy atom. The molecular weight excluding hydrogens is 238 g/mol. The summed E-state index contributed by atoms with van der Waals surface area (Å²) in [6.45, 7) is 4.51. The quantitative estimate of drug-likeness (QED) is 0.775. The van der Waals surface area contributed by atoms with Gasteiger partial charge in [-0.15, -0.1) is 0 Å². The number of ether oxygens (including phenoxy) is 2. The van der Waals surface area contributed by atoms with Gasteiger partial charge in [-0.3, -0.25) is 0 Å². The molecule has 0 saturated heterocycles. The SMILES string of the molecule is CCC(CC)CC(NC)c1cc(OC)cc(OC)c1. The summed E-state index contributed by atoms with van der Waals surface area (Å²) >= 11 is 0. The van der Waals surface area contributed by atoms with Crippen molar-refractivity contribution in [1.82, 2.24) is 5.32 Å². The maximum absolute atomic E-state index is 5.34. The van der Waals surface area contributed by atoms with Crippen LogP contribution in [0.25, 0.3) is 0 Å². The Morgan fingerprint density at radius 1 is 1.00 bits per heavy atom. The largest absolute Gasteiger partial charge is 0.497 e. The number of nitrogens with one attached hydrogen (secondary N) is 1. The fourth-order valence-corrected chi connectivity index (χ4v) is 2.41. The lowest BCUT2D eigenvalue weighted by Crippen LogP contribution is -2.19. The molecule has 3 heteroatoms. The zero-order valence-electron chi connectivity index (χ0n) is 12.8. The van der Waals surface area contributed by atoms with Gasteiger partial charge in [-0.2, -0.15) is 0 Å². The molecular formula is C16H27NO2. The number of hydrogen-bond acceptors (Lipinski definition) is 3. The van der Waals surface area contributed by atoms with Crippen LogP contribution in [-0.4, -0.2) is 21.3 Å². The van der Waals surface area contributed by atoms with Crippen molar-refractivity contribution in [2.45, 2.75) is 39.2 Å². The molecule has 0 aliphatic rings. The molecule has 0 aliphatic heterocycles. The van der Waals surface area contributed by atoms with Crippen molar-refractivity contribution in [2.75, 3.05) is 21.3 Å². The van der Waals surface area contributed by atoms with Crippen LogP contribution >= 0.6 is 0 Å². The van der Waals surface area contributed by atoms with Crippen LogP contribution < -0.4 is 14.8 Å². The molecule has 0 amide bonds. The highest BCUT2D eigenvalue weighted by atomic mass is 16.5. The molecule has 0 aliphatic carbocycles. The van der Waals surface area contributed by atoms with E-state index in [0.29, 0.717) is 6.04 Å². The molecule has 0 heterocycles. The second kappa shape index (κ2) is 8.05. The maximum Gasteiger partial charge on any atom is 0.122 e. The van der Waals surface area contributed by atoms with Gasteiger partial charge in [0.25, 0.3) is 0 Å². The molecule has 1 rings (SSSR count). The van der Waals surface area contributed by atoms with E-state index < -0.39 is 0 Å². The standard InChI is InChI=1S/C16H27NO2/c1-6-12(7-2)8-16(17-3)13-9-14(18-4)11-15(10-13)19-5/h9-12,16-17H,6-8H2,1-5H3. The molecule has 1 aromatic carbocycles. The number of rotatable bonds is 8. The van der Waals surface area contributed by atoms with E-state index in [1.165, 1.54) is 18.4 Å². The van der Waals surface area contributed by atoms with Crippen molar-refractivity contribution in [1.29, 1.82) is 0 Å². The van der Waals surface area contributed by atoms with Gasteiger partial charge in [-0.25, -0.2) is 0 Å². The minimum absolute atomic E-state index is 0.342. The topological polar surface area (TPSA) is 30.5 Å². The Balaban J connectivity index is 2.96. The van der Waals surface area contributed by atoms with Crippen molar-refractivity contribution >= 4 is 0 Å². The molecule has 1 atom stereocenters. The molecule has 0 radical (unpaired) electrons. The average Bonchev–Trinajstić information content (AvgIpc) is 2.48. The van der Waals surface area contributed by atoms with E-state index in [4.69, 9.17) is 9.47 Å². The first-order valence-corrected chi connectivity index (χ1v) is 7.08. The molecule has 1 unspecified atom stereocenters. The van der Waals surface area contributed by atoms with Gasteiger partial charge in [0, 0.05) is 12.1 Å².